The number of carbonyl (C=O) groups is 1. The van der Waals surface area contributed by atoms with Crippen molar-refractivity contribution in [3.05, 3.63) is 107 Å². The maximum atomic E-state index is 13.5. The Hall–Kier alpha value is -3.37. The molecule has 0 saturated carbocycles. The summed E-state index contributed by atoms with van der Waals surface area (Å²) >= 11 is 0. The van der Waals surface area contributed by atoms with Crippen molar-refractivity contribution in [2.24, 2.45) is 0 Å². The van der Waals surface area contributed by atoms with Crippen LogP contribution in [0.3, 0.4) is 0 Å². The van der Waals surface area contributed by atoms with Gasteiger partial charge in [-0.15, -0.1) is 0 Å². The first-order valence-electron chi connectivity index (χ1n) is 11.7. The fraction of sp³-hybridized carbons (Fsp3) is 0.276. The van der Waals surface area contributed by atoms with Gasteiger partial charge in [-0.1, -0.05) is 78.9 Å². The molecule has 0 aliphatic carbocycles. The normalized spacial score (nSPS) is 18.6. The molecule has 0 spiro atoms. The zero-order valence-corrected chi connectivity index (χ0v) is 19.4. The van der Waals surface area contributed by atoms with E-state index in [1.807, 2.05) is 32.0 Å². The largest absolute Gasteiger partial charge is 0.462 e. The maximum absolute atomic E-state index is 13.5. The van der Waals surface area contributed by atoms with Crippen LogP contribution in [0.2, 0.25) is 0 Å². The molecule has 1 N–H and O–H groups in total. The van der Waals surface area contributed by atoms with Gasteiger partial charge < -0.3 is 9.72 Å². The van der Waals surface area contributed by atoms with Crippen LogP contribution in [0.25, 0.3) is 10.9 Å². The Morgan fingerprint density at radius 2 is 1.48 bits per heavy atom. The van der Waals surface area contributed by atoms with Gasteiger partial charge in [0.05, 0.1) is 12.1 Å². The fourth-order valence-electron chi connectivity index (χ4n) is 5.24. The summed E-state index contributed by atoms with van der Waals surface area (Å²) in [6.45, 7) is 6.02. The Balaban J connectivity index is 1.69. The van der Waals surface area contributed by atoms with E-state index in [-0.39, 0.29) is 30.2 Å². The van der Waals surface area contributed by atoms with Crippen molar-refractivity contribution in [3.63, 3.8) is 0 Å². The number of aromatic nitrogens is 1. The summed E-state index contributed by atoms with van der Waals surface area (Å²) in [6, 6.07) is 28.8. The molecule has 2 heterocycles. The van der Waals surface area contributed by atoms with E-state index >= 15 is 0 Å². The van der Waals surface area contributed by atoms with Crippen LogP contribution in [0.1, 0.15) is 55.2 Å². The number of rotatable bonds is 5. The molecular weight excluding hydrogens is 408 g/mol. The van der Waals surface area contributed by atoms with Crippen molar-refractivity contribution in [3.8, 4) is 0 Å². The second-order valence-electron chi connectivity index (χ2n) is 9.12. The molecule has 0 saturated heterocycles. The number of para-hydroxylation sites is 1. The van der Waals surface area contributed by atoms with E-state index in [1.165, 1.54) is 16.6 Å². The molecule has 0 radical (unpaired) electrons. The van der Waals surface area contributed by atoms with Gasteiger partial charge in [0, 0.05) is 29.1 Å². The lowest BCUT2D eigenvalue weighted by molar-refractivity contribution is -0.156. The molecule has 0 fully saturated rings. The van der Waals surface area contributed by atoms with Crippen LogP contribution in [0.5, 0.6) is 0 Å². The van der Waals surface area contributed by atoms with Gasteiger partial charge in [-0.25, -0.2) is 0 Å². The third-order valence-corrected chi connectivity index (χ3v) is 6.62. The van der Waals surface area contributed by atoms with Crippen LogP contribution in [0.4, 0.5) is 0 Å². The van der Waals surface area contributed by atoms with Crippen LogP contribution in [0, 0.1) is 0 Å². The number of nitrogens with zero attached hydrogens (tertiary/aromatic N) is 1. The SMILES string of the molecule is CC(C)OC(=O)[C@H]1Cc2c([nH]c3ccccc23)[C@H](C)N1C(c1ccccc1)c1ccccc1. The molecule has 168 valence electrons. The van der Waals surface area contributed by atoms with Gasteiger partial charge in [0.2, 0.25) is 0 Å². The van der Waals surface area contributed by atoms with Crippen molar-refractivity contribution < 1.29 is 9.53 Å². The van der Waals surface area contributed by atoms with Gasteiger partial charge in [-0.3, -0.25) is 9.69 Å². The third kappa shape index (κ3) is 3.96. The average molecular weight is 439 g/mol. The predicted octanol–water partition coefficient (Wildman–Crippen LogP) is 6.20. The molecule has 4 aromatic rings. The number of esters is 1. The van der Waals surface area contributed by atoms with Gasteiger partial charge in [-0.2, -0.15) is 0 Å². The van der Waals surface area contributed by atoms with Crippen molar-refractivity contribution in [2.75, 3.05) is 0 Å². The van der Waals surface area contributed by atoms with Gasteiger partial charge >= 0.3 is 5.97 Å². The van der Waals surface area contributed by atoms with E-state index in [9.17, 15) is 4.79 Å². The fourth-order valence-corrected chi connectivity index (χ4v) is 5.24. The lowest BCUT2D eigenvalue weighted by atomic mass is 9.86. The minimum Gasteiger partial charge on any atom is -0.462 e. The molecule has 4 nitrogen and oxygen atoms in total. The van der Waals surface area contributed by atoms with Crippen LogP contribution in [-0.2, 0) is 16.0 Å². The Morgan fingerprint density at radius 1 is 0.909 bits per heavy atom. The van der Waals surface area contributed by atoms with Gasteiger partial charge in [0.15, 0.2) is 0 Å². The summed E-state index contributed by atoms with van der Waals surface area (Å²) in [4.78, 5) is 19.5. The second-order valence-corrected chi connectivity index (χ2v) is 9.12. The van der Waals surface area contributed by atoms with Crippen LogP contribution >= 0.6 is 0 Å². The molecule has 0 unspecified atom stereocenters. The summed E-state index contributed by atoms with van der Waals surface area (Å²) in [7, 11) is 0. The number of nitrogens with one attached hydrogen (secondary N) is 1. The minimum absolute atomic E-state index is 0.00345. The van der Waals surface area contributed by atoms with Gasteiger partial charge in [-0.05, 0) is 43.5 Å². The van der Waals surface area contributed by atoms with Crippen molar-refractivity contribution >= 4 is 16.9 Å². The number of carbonyl (C=O) groups excluding carboxylic acids is 1. The first-order valence-corrected chi connectivity index (χ1v) is 11.7. The summed E-state index contributed by atoms with van der Waals surface area (Å²) in [5.74, 6) is -0.162. The Kier molecular flexibility index (Phi) is 5.77. The zero-order chi connectivity index (χ0) is 22.9. The molecule has 1 aliphatic rings. The smallest absolute Gasteiger partial charge is 0.324 e. The monoisotopic (exact) mass is 438 g/mol. The number of aromatic amines is 1. The van der Waals surface area contributed by atoms with E-state index in [0.717, 1.165) is 16.6 Å². The number of H-pyrrole nitrogens is 1. The highest BCUT2D eigenvalue weighted by atomic mass is 16.5. The molecule has 2 atom stereocenters. The van der Waals surface area contributed by atoms with E-state index in [2.05, 4.69) is 83.5 Å². The average Bonchev–Trinajstić information content (AvgIpc) is 3.21. The maximum Gasteiger partial charge on any atom is 0.324 e. The summed E-state index contributed by atoms with van der Waals surface area (Å²) < 4.78 is 5.80. The molecular formula is C29H30N2O2. The zero-order valence-electron chi connectivity index (χ0n) is 19.4. The number of benzene rings is 3. The quantitative estimate of drug-likeness (QED) is 0.378. The molecule has 3 aromatic carbocycles. The van der Waals surface area contributed by atoms with E-state index in [0.29, 0.717) is 6.42 Å². The summed E-state index contributed by atoms with van der Waals surface area (Å²) in [5, 5.41) is 1.19. The van der Waals surface area contributed by atoms with E-state index < -0.39 is 0 Å². The lowest BCUT2D eigenvalue weighted by Crippen LogP contribution is -2.50. The second kappa shape index (κ2) is 8.87. The summed E-state index contributed by atoms with van der Waals surface area (Å²) in [5.41, 5.74) is 5.85. The highest BCUT2D eigenvalue weighted by Gasteiger charge is 2.43. The Morgan fingerprint density at radius 3 is 2.09 bits per heavy atom. The Labute approximate surface area is 195 Å². The highest BCUT2D eigenvalue weighted by molar-refractivity contribution is 5.87. The van der Waals surface area contributed by atoms with E-state index in [4.69, 9.17) is 4.74 Å². The number of fused-ring (bicyclic) bond motifs is 3. The third-order valence-electron chi connectivity index (χ3n) is 6.62. The molecule has 33 heavy (non-hydrogen) atoms. The van der Waals surface area contributed by atoms with E-state index in [1.54, 1.807) is 0 Å². The Bertz CT molecular complexity index is 1210. The predicted molar refractivity (Wildman–Crippen MR) is 132 cm³/mol. The van der Waals surface area contributed by atoms with Crippen LogP contribution in [0.15, 0.2) is 84.9 Å². The summed E-state index contributed by atoms with van der Waals surface area (Å²) in [6.07, 6.45) is 0.455. The first-order chi connectivity index (χ1) is 16.0. The molecule has 0 bridgehead atoms. The minimum atomic E-state index is -0.389. The highest BCUT2D eigenvalue weighted by Crippen LogP contribution is 2.44. The number of hydrogen-bond acceptors (Lipinski definition) is 3. The van der Waals surface area contributed by atoms with Crippen LogP contribution in [-0.4, -0.2) is 28.0 Å². The number of hydrogen-bond donors (Lipinski definition) is 1. The molecule has 5 rings (SSSR count). The van der Waals surface area contributed by atoms with Gasteiger partial charge in [0.25, 0.3) is 0 Å². The van der Waals surface area contributed by atoms with Crippen molar-refractivity contribution in [2.45, 2.75) is 51.4 Å². The van der Waals surface area contributed by atoms with Crippen LogP contribution < -0.4 is 0 Å². The standard InChI is InChI=1S/C29H30N2O2/c1-19(2)33-29(32)26-18-24-23-16-10-11-17-25(23)30-27(24)20(3)31(26)28(21-12-6-4-7-13-21)22-14-8-5-9-15-22/h4-17,19-20,26,28,30H,18H2,1-3H3/t20-,26+/m0/s1. The van der Waals surface area contributed by atoms with Crippen molar-refractivity contribution in [1.29, 1.82) is 0 Å². The first kappa shape index (κ1) is 21.5. The molecule has 0 amide bonds. The lowest BCUT2D eigenvalue weighted by Gasteiger charge is -2.44. The van der Waals surface area contributed by atoms with Crippen molar-refractivity contribution in [1.82, 2.24) is 9.88 Å². The number of ether oxygens (including phenoxy) is 1. The molecule has 1 aromatic heterocycles. The molecule has 1 aliphatic heterocycles. The molecule has 4 heteroatoms. The van der Waals surface area contributed by atoms with Gasteiger partial charge in [0.1, 0.15) is 6.04 Å². The topological polar surface area (TPSA) is 45.3 Å².